The third-order valence-corrected chi connectivity index (χ3v) is 11.7. The van der Waals surface area contributed by atoms with Crippen molar-refractivity contribution in [1.29, 1.82) is 0 Å². The molecule has 1 heterocycles. The van der Waals surface area contributed by atoms with E-state index < -0.39 is 0 Å². The third kappa shape index (κ3) is 5.65. The van der Waals surface area contributed by atoms with Crippen molar-refractivity contribution in [3.63, 3.8) is 0 Å². The molecule has 54 heavy (non-hydrogen) atoms. The van der Waals surface area contributed by atoms with Crippen LogP contribution in [0.25, 0.3) is 75.5 Å². The lowest BCUT2D eigenvalue weighted by atomic mass is 9.86. The predicted molar refractivity (Wildman–Crippen MR) is 233 cm³/mol. The first kappa shape index (κ1) is 32.0. The molecular weight excluding hydrogens is 671 g/mol. The second-order valence-corrected chi connectivity index (χ2v) is 14.7. The molecular formula is C52H35NS. The minimum absolute atomic E-state index is 1.11. The summed E-state index contributed by atoms with van der Waals surface area (Å²) >= 11 is 1.90. The summed E-state index contributed by atoms with van der Waals surface area (Å²) in [5.74, 6) is 0. The Morgan fingerprint density at radius 1 is 0.278 bits per heavy atom. The van der Waals surface area contributed by atoms with Crippen molar-refractivity contribution in [2.24, 2.45) is 0 Å². The molecule has 0 aliphatic heterocycles. The summed E-state index contributed by atoms with van der Waals surface area (Å²) in [6.45, 7) is 0. The van der Waals surface area contributed by atoms with Crippen LogP contribution in [0.4, 0.5) is 17.1 Å². The van der Waals surface area contributed by atoms with Gasteiger partial charge in [-0.2, -0.15) is 0 Å². The summed E-state index contributed by atoms with van der Waals surface area (Å²) in [5.41, 5.74) is 13.2. The Kier molecular flexibility index (Phi) is 8.09. The van der Waals surface area contributed by atoms with Gasteiger partial charge in [0.1, 0.15) is 0 Å². The van der Waals surface area contributed by atoms with E-state index in [9.17, 15) is 0 Å². The number of hydrogen-bond donors (Lipinski definition) is 0. The van der Waals surface area contributed by atoms with E-state index in [0.29, 0.717) is 0 Å². The molecule has 1 nitrogen and oxygen atoms in total. The fourth-order valence-electron chi connectivity index (χ4n) is 7.93. The third-order valence-electron chi connectivity index (χ3n) is 10.5. The number of anilines is 3. The first-order chi connectivity index (χ1) is 26.8. The van der Waals surface area contributed by atoms with Gasteiger partial charge in [0.2, 0.25) is 0 Å². The van der Waals surface area contributed by atoms with Gasteiger partial charge in [-0.3, -0.25) is 0 Å². The first-order valence-electron chi connectivity index (χ1n) is 18.4. The molecule has 0 spiro atoms. The highest BCUT2D eigenvalue weighted by Gasteiger charge is 2.22. The number of rotatable bonds is 7. The summed E-state index contributed by atoms with van der Waals surface area (Å²) < 4.78 is 2.64. The van der Waals surface area contributed by atoms with Crippen LogP contribution < -0.4 is 4.90 Å². The molecule has 0 amide bonds. The van der Waals surface area contributed by atoms with Crippen molar-refractivity contribution >= 4 is 59.3 Å². The number of thiophene rings is 1. The predicted octanol–water partition coefficient (Wildman–Crippen LogP) is 15.3. The number of nitrogens with zero attached hydrogens (tertiary/aromatic N) is 1. The van der Waals surface area contributed by atoms with Crippen molar-refractivity contribution in [3.05, 3.63) is 212 Å². The van der Waals surface area contributed by atoms with Crippen LogP contribution in [0, 0.1) is 0 Å². The quantitative estimate of drug-likeness (QED) is 0.160. The van der Waals surface area contributed by atoms with E-state index in [1.807, 2.05) is 11.3 Å². The molecule has 254 valence electrons. The van der Waals surface area contributed by atoms with Gasteiger partial charge in [0.05, 0.1) is 0 Å². The van der Waals surface area contributed by atoms with Gasteiger partial charge in [0, 0.05) is 42.6 Å². The summed E-state index contributed by atoms with van der Waals surface area (Å²) in [5, 5.41) is 5.19. The number of fused-ring (bicyclic) bond motifs is 5. The van der Waals surface area contributed by atoms with Gasteiger partial charge in [-0.05, 0) is 92.4 Å². The van der Waals surface area contributed by atoms with Crippen LogP contribution >= 0.6 is 11.3 Å². The summed E-state index contributed by atoms with van der Waals surface area (Å²) in [7, 11) is 0. The van der Waals surface area contributed by atoms with E-state index in [4.69, 9.17) is 0 Å². The molecule has 0 N–H and O–H groups in total. The van der Waals surface area contributed by atoms with E-state index in [-0.39, 0.29) is 0 Å². The molecule has 0 saturated carbocycles. The van der Waals surface area contributed by atoms with Crippen LogP contribution in [-0.4, -0.2) is 0 Å². The van der Waals surface area contributed by atoms with E-state index in [2.05, 4.69) is 217 Å². The highest BCUT2D eigenvalue weighted by Crippen LogP contribution is 2.50. The number of para-hydroxylation sites is 1. The summed E-state index contributed by atoms with van der Waals surface area (Å²) in [4.78, 5) is 2.34. The second-order valence-electron chi connectivity index (χ2n) is 13.7. The molecule has 0 saturated heterocycles. The standard InChI is InChI=1S/C52H35NS/c1-4-14-36(15-5-1)38-24-26-40(27-25-38)49-45-20-10-11-21-46(45)52-51(47-22-12-13-23-48(47)54-52)50(49)41-30-34-44(35-31-41)53(42-18-8-3-9-19-42)43-32-28-39(29-33-43)37-16-6-2-7-17-37/h1-35H. The normalized spacial score (nSPS) is 11.3. The molecule has 0 aliphatic rings. The monoisotopic (exact) mass is 705 g/mol. The minimum Gasteiger partial charge on any atom is -0.311 e. The van der Waals surface area contributed by atoms with Gasteiger partial charge in [0.15, 0.2) is 0 Å². The van der Waals surface area contributed by atoms with E-state index in [0.717, 1.165) is 17.1 Å². The lowest BCUT2D eigenvalue weighted by Crippen LogP contribution is -2.09. The molecule has 10 rings (SSSR count). The van der Waals surface area contributed by atoms with Crippen molar-refractivity contribution < 1.29 is 0 Å². The smallest absolute Gasteiger partial charge is 0.0462 e. The zero-order valence-electron chi connectivity index (χ0n) is 29.6. The molecule has 0 fully saturated rings. The van der Waals surface area contributed by atoms with E-state index in [1.54, 1.807) is 0 Å². The zero-order valence-corrected chi connectivity index (χ0v) is 30.4. The Labute approximate surface area is 319 Å². The molecule has 0 radical (unpaired) electrons. The average molecular weight is 706 g/mol. The Morgan fingerprint density at radius 3 is 1.26 bits per heavy atom. The molecule has 9 aromatic carbocycles. The summed E-state index contributed by atoms with van der Waals surface area (Å²) in [6.07, 6.45) is 0. The Hall–Kier alpha value is -6.74. The van der Waals surface area contributed by atoms with Crippen LogP contribution in [0.5, 0.6) is 0 Å². The fourth-order valence-corrected chi connectivity index (χ4v) is 9.17. The van der Waals surface area contributed by atoms with Gasteiger partial charge < -0.3 is 4.90 Å². The highest BCUT2D eigenvalue weighted by atomic mass is 32.1. The molecule has 10 aromatic rings. The fraction of sp³-hybridized carbons (Fsp3) is 0. The maximum atomic E-state index is 2.34. The van der Waals surface area contributed by atoms with Crippen LogP contribution in [0.15, 0.2) is 212 Å². The molecule has 0 aliphatic carbocycles. The molecule has 2 heteroatoms. The lowest BCUT2D eigenvalue weighted by Gasteiger charge is -2.26. The van der Waals surface area contributed by atoms with Gasteiger partial charge >= 0.3 is 0 Å². The highest BCUT2D eigenvalue weighted by molar-refractivity contribution is 7.26. The van der Waals surface area contributed by atoms with Crippen LogP contribution in [-0.2, 0) is 0 Å². The summed E-state index contributed by atoms with van der Waals surface area (Å²) in [6, 6.07) is 76.9. The first-order valence-corrected chi connectivity index (χ1v) is 19.2. The number of benzene rings is 9. The lowest BCUT2D eigenvalue weighted by molar-refractivity contribution is 1.28. The maximum Gasteiger partial charge on any atom is 0.0462 e. The Balaban J connectivity index is 1.16. The average Bonchev–Trinajstić information content (AvgIpc) is 3.65. The maximum absolute atomic E-state index is 2.34. The van der Waals surface area contributed by atoms with Crippen molar-refractivity contribution in [2.75, 3.05) is 4.90 Å². The van der Waals surface area contributed by atoms with Crippen LogP contribution in [0.3, 0.4) is 0 Å². The SMILES string of the molecule is c1ccc(-c2ccc(-c3c(-c4ccc(N(c5ccccc5)c5ccc(-c6ccccc6)cc5)cc4)c4c5ccccc5sc4c4ccccc34)cc2)cc1. The van der Waals surface area contributed by atoms with Crippen molar-refractivity contribution in [2.45, 2.75) is 0 Å². The van der Waals surface area contributed by atoms with Gasteiger partial charge in [0.25, 0.3) is 0 Å². The zero-order chi connectivity index (χ0) is 35.8. The Morgan fingerprint density at radius 2 is 0.667 bits per heavy atom. The minimum atomic E-state index is 1.11. The van der Waals surface area contributed by atoms with Crippen molar-refractivity contribution in [3.8, 4) is 44.5 Å². The molecule has 0 atom stereocenters. The van der Waals surface area contributed by atoms with E-state index >= 15 is 0 Å². The van der Waals surface area contributed by atoms with Gasteiger partial charge in [-0.25, -0.2) is 0 Å². The molecule has 0 unspecified atom stereocenters. The van der Waals surface area contributed by atoms with Gasteiger partial charge in [-0.15, -0.1) is 11.3 Å². The van der Waals surface area contributed by atoms with E-state index in [1.165, 1.54) is 75.5 Å². The Bertz CT molecular complexity index is 2880. The number of hydrogen-bond acceptors (Lipinski definition) is 2. The second kappa shape index (κ2) is 13.7. The van der Waals surface area contributed by atoms with Crippen molar-refractivity contribution in [1.82, 2.24) is 0 Å². The molecule has 0 bridgehead atoms. The molecule has 1 aromatic heterocycles. The topological polar surface area (TPSA) is 3.24 Å². The van der Waals surface area contributed by atoms with Crippen LogP contribution in [0.1, 0.15) is 0 Å². The van der Waals surface area contributed by atoms with Crippen LogP contribution in [0.2, 0.25) is 0 Å². The largest absolute Gasteiger partial charge is 0.311 e. The van der Waals surface area contributed by atoms with Gasteiger partial charge in [-0.1, -0.05) is 170 Å².